The van der Waals surface area contributed by atoms with Crippen LogP contribution in [-0.2, 0) is 0 Å². The van der Waals surface area contributed by atoms with E-state index in [0.717, 1.165) is 0 Å². The lowest BCUT2D eigenvalue weighted by atomic mass is 10.1. The fourth-order valence-corrected chi connectivity index (χ4v) is 0.362. The van der Waals surface area contributed by atoms with Gasteiger partial charge in [0.2, 0.25) is 0 Å². The average Bonchev–Trinajstić information content (AvgIpc) is 1.82. The summed E-state index contributed by atoms with van der Waals surface area (Å²) in [4.78, 5) is 2.04. The van der Waals surface area contributed by atoms with Crippen LogP contribution >= 0.6 is 0 Å². The molecule has 0 saturated heterocycles. The molecule has 0 amide bonds. The molecule has 0 aromatic rings. The molecule has 12 heavy (non-hydrogen) atoms. The second-order valence-electron chi connectivity index (χ2n) is 4.76. The SMILES string of the molecule is CN(C)C(C)(C)N=NC(C)(C)C. The lowest BCUT2D eigenvalue weighted by Gasteiger charge is -2.27. The van der Waals surface area contributed by atoms with Crippen molar-refractivity contribution in [2.45, 2.75) is 45.8 Å². The van der Waals surface area contributed by atoms with E-state index >= 15 is 0 Å². The molecule has 0 heterocycles. The topological polar surface area (TPSA) is 28.0 Å². The molecule has 0 atom stereocenters. The predicted octanol–water partition coefficient (Wildman–Crippen LogP) is 2.53. The van der Waals surface area contributed by atoms with Crippen LogP contribution in [0.2, 0.25) is 0 Å². The smallest absolute Gasteiger partial charge is 0.128 e. The van der Waals surface area contributed by atoms with E-state index in [1.807, 2.05) is 53.6 Å². The van der Waals surface area contributed by atoms with Crippen LogP contribution in [0.5, 0.6) is 0 Å². The zero-order chi connectivity index (χ0) is 9.99. The van der Waals surface area contributed by atoms with Crippen LogP contribution in [0.3, 0.4) is 0 Å². The Kier molecular flexibility index (Phi) is 3.39. The number of hydrogen-bond donors (Lipinski definition) is 0. The summed E-state index contributed by atoms with van der Waals surface area (Å²) in [7, 11) is 4.00. The standard InChI is InChI=1S/C9H21N3/c1-8(2,3)10-11-9(4,5)12(6)7/h1-7H3. The first-order valence-electron chi connectivity index (χ1n) is 4.27. The molecule has 0 bridgehead atoms. The highest BCUT2D eigenvalue weighted by atomic mass is 15.3. The largest absolute Gasteiger partial charge is 0.285 e. The number of azo groups is 1. The Morgan fingerprint density at radius 1 is 0.833 bits per heavy atom. The van der Waals surface area contributed by atoms with Gasteiger partial charge in [-0.3, -0.25) is 4.90 Å². The zero-order valence-corrected chi connectivity index (χ0v) is 9.34. The molecular weight excluding hydrogens is 150 g/mol. The van der Waals surface area contributed by atoms with Gasteiger partial charge in [-0.15, -0.1) is 0 Å². The first kappa shape index (κ1) is 11.6. The minimum Gasteiger partial charge on any atom is -0.285 e. The van der Waals surface area contributed by atoms with Gasteiger partial charge in [-0.1, -0.05) is 0 Å². The molecule has 0 unspecified atom stereocenters. The van der Waals surface area contributed by atoms with E-state index in [4.69, 9.17) is 0 Å². The second-order valence-corrected chi connectivity index (χ2v) is 4.76. The van der Waals surface area contributed by atoms with E-state index in [0.29, 0.717) is 0 Å². The third-order valence-electron chi connectivity index (χ3n) is 1.69. The van der Waals surface area contributed by atoms with Gasteiger partial charge in [-0.05, 0) is 48.7 Å². The maximum atomic E-state index is 4.28. The molecule has 0 N–H and O–H groups in total. The van der Waals surface area contributed by atoms with Crippen LogP contribution in [0.1, 0.15) is 34.6 Å². The molecule has 0 saturated carbocycles. The lowest BCUT2D eigenvalue weighted by molar-refractivity contribution is 0.190. The van der Waals surface area contributed by atoms with Crippen molar-refractivity contribution in [3.8, 4) is 0 Å². The molecule has 0 radical (unpaired) electrons. The summed E-state index contributed by atoms with van der Waals surface area (Å²) < 4.78 is 0. The van der Waals surface area contributed by atoms with Gasteiger partial charge in [0.05, 0.1) is 5.54 Å². The van der Waals surface area contributed by atoms with Gasteiger partial charge < -0.3 is 0 Å². The minimum absolute atomic E-state index is 0.0761. The molecule has 0 rings (SSSR count). The molecule has 3 heteroatoms. The minimum atomic E-state index is -0.201. The van der Waals surface area contributed by atoms with Crippen LogP contribution in [0.25, 0.3) is 0 Å². The molecule has 0 aromatic heterocycles. The van der Waals surface area contributed by atoms with Crippen molar-refractivity contribution in [1.82, 2.24) is 4.90 Å². The van der Waals surface area contributed by atoms with Crippen molar-refractivity contribution in [3.63, 3.8) is 0 Å². The Morgan fingerprint density at radius 3 is 1.50 bits per heavy atom. The Morgan fingerprint density at radius 2 is 1.25 bits per heavy atom. The number of hydrogen-bond acceptors (Lipinski definition) is 3. The van der Waals surface area contributed by atoms with Gasteiger partial charge in [0.1, 0.15) is 5.66 Å². The highest BCUT2D eigenvalue weighted by Gasteiger charge is 2.20. The van der Waals surface area contributed by atoms with E-state index in [1.165, 1.54) is 0 Å². The third kappa shape index (κ3) is 4.44. The monoisotopic (exact) mass is 171 g/mol. The summed E-state index contributed by atoms with van der Waals surface area (Å²) in [5.41, 5.74) is -0.277. The Balaban J connectivity index is 4.34. The second kappa shape index (κ2) is 3.52. The van der Waals surface area contributed by atoms with E-state index in [2.05, 4.69) is 10.2 Å². The number of nitrogens with zero attached hydrogens (tertiary/aromatic N) is 3. The zero-order valence-electron chi connectivity index (χ0n) is 9.34. The molecule has 0 spiro atoms. The van der Waals surface area contributed by atoms with Gasteiger partial charge in [0.15, 0.2) is 0 Å². The Bertz CT molecular complexity index is 163. The molecule has 0 aliphatic rings. The van der Waals surface area contributed by atoms with E-state index in [-0.39, 0.29) is 11.2 Å². The maximum Gasteiger partial charge on any atom is 0.128 e. The summed E-state index contributed by atoms with van der Waals surface area (Å²) in [5, 5.41) is 8.51. The van der Waals surface area contributed by atoms with Gasteiger partial charge in [0, 0.05) is 0 Å². The van der Waals surface area contributed by atoms with Crippen molar-refractivity contribution in [2.24, 2.45) is 10.2 Å². The summed E-state index contributed by atoms with van der Waals surface area (Å²) in [6, 6.07) is 0. The lowest BCUT2D eigenvalue weighted by Crippen LogP contribution is -2.36. The van der Waals surface area contributed by atoms with Crippen molar-refractivity contribution in [1.29, 1.82) is 0 Å². The maximum absolute atomic E-state index is 4.28. The van der Waals surface area contributed by atoms with Crippen LogP contribution in [0.15, 0.2) is 10.2 Å². The van der Waals surface area contributed by atoms with Crippen molar-refractivity contribution in [3.05, 3.63) is 0 Å². The third-order valence-corrected chi connectivity index (χ3v) is 1.69. The fourth-order valence-electron chi connectivity index (χ4n) is 0.362. The van der Waals surface area contributed by atoms with Crippen LogP contribution < -0.4 is 0 Å². The highest BCUT2D eigenvalue weighted by Crippen LogP contribution is 2.16. The molecule has 0 fully saturated rings. The molecule has 72 valence electrons. The average molecular weight is 171 g/mol. The fraction of sp³-hybridized carbons (Fsp3) is 1.00. The summed E-state index contributed by atoms with van der Waals surface area (Å²) in [5.74, 6) is 0. The van der Waals surface area contributed by atoms with Crippen LogP contribution in [-0.4, -0.2) is 30.2 Å². The van der Waals surface area contributed by atoms with Crippen molar-refractivity contribution >= 4 is 0 Å². The highest BCUT2D eigenvalue weighted by molar-refractivity contribution is 4.75. The van der Waals surface area contributed by atoms with Gasteiger partial charge in [-0.25, -0.2) is 0 Å². The normalized spacial score (nSPS) is 14.7. The van der Waals surface area contributed by atoms with Gasteiger partial charge >= 0.3 is 0 Å². The Labute approximate surface area is 75.9 Å². The van der Waals surface area contributed by atoms with Crippen molar-refractivity contribution < 1.29 is 0 Å². The van der Waals surface area contributed by atoms with E-state index < -0.39 is 0 Å². The first-order chi connectivity index (χ1) is 5.15. The molecule has 0 aromatic carbocycles. The van der Waals surface area contributed by atoms with Crippen LogP contribution in [0, 0.1) is 0 Å². The predicted molar refractivity (Wildman–Crippen MR) is 52.4 cm³/mol. The molecular formula is C9H21N3. The van der Waals surface area contributed by atoms with E-state index in [9.17, 15) is 0 Å². The summed E-state index contributed by atoms with van der Waals surface area (Å²) in [6.07, 6.45) is 0. The van der Waals surface area contributed by atoms with Crippen molar-refractivity contribution in [2.75, 3.05) is 14.1 Å². The molecule has 3 nitrogen and oxygen atoms in total. The van der Waals surface area contributed by atoms with Crippen LogP contribution in [0.4, 0.5) is 0 Å². The molecule has 0 aliphatic heterocycles. The number of rotatable bonds is 2. The summed E-state index contributed by atoms with van der Waals surface area (Å²) >= 11 is 0. The van der Waals surface area contributed by atoms with E-state index in [1.54, 1.807) is 0 Å². The van der Waals surface area contributed by atoms with Gasteiger partial charge in [0.25, 0.3) is 0 Å². The van der Waals surface area contributed by atoms with Gasteiger partial charge in [-0.2, -0.15) is 10.2 Å². The Hall–Kier alpha value is -0.440. The summed E-state index contributed by atoms with van der Waals surface area (Å²) in [6.45, 7) is 10.2. The first-order valence-corrected chi connectivity index (χ1v) is 4.27. The quantitative estimate of drug-likeness (QED) is 0.587. The molecule has 0 aliphatic carbocycles.